The van der Waals surface area contributed by atoms with Crippen LogP contribution >= 0.6 is 0 Å². The van der Waals surface area contributed by atoms with E-state index in [2.05, 4.69) is 4.98 Å². The molecule has 1 unspecified atom stereocenters. The van der Waals surface area contributed by atoms with Crippen LogP contribution in [0.1, 0.15) is 36.9 Å². The topological polar surface area (TPSA) is 114 Å². The predicted molar refractivity (Wildman–Crippen MR) is 133 cm³/mol. The number of rotatable bonds is 10. The van der Waals surface area contributed by atoms with Gasteiger partial charge in [0.05, 0.1) is 31.7 Å². The monoisotopic (exact) mass is 491 g/mol. The molecule has 2 heterocycles. The maximum absolute atomic E-state index is 13.2. The zero-order valence-corrected chi connectivity index (χ0v) is 20.3. The number of ether oxygens (including phenoxy) is 2. The van der Waals surface area contributed by atoms with Gasteiger partial charge < -0.3 is 29.2 Å². The molecule has 0 saturated carbocycles. The first-order valence-corrected chi connectivity index (χ1v) is 11.8. The number of benzene rings is 2. The Labute approximate surface area is 209 Å². The lowest BCUT2D eigenvalue weighted by Gasteiger charge is -2.26. The van der Waals surface area contributed by atoms with Crippen molar-refractivity contribution in [2.24, 2.45) is 0 Å². The van der Waals surface area contributed by atoms with Gasteiger partial charge in [-0.1, -0.05) is 25.1 Å². The van der Waals surface area contributed by atoms with Crippen LogP contribution in [0, 0.1) is 0 Å². The highest BCUT2D eigenvalue weighted by molar-refractivity contribution is 6.46. The molecule has 3 aromatic rings. The molecule has 9 nitrogen and oxygen atoms in total. The summed E-state index contributed by atoms with van der Waals surface area (Å²) in [4.78, 5) is 31.9. The number of imidazole rings is 1. The van der Waals surface area contributed by atoms with E-state index in [0.29, 0.717) is 36.4 Å². The minimum absolute atomic E-state index is 0.0250. The third kappa shape index (κ3) is 5.05. The number of aromatic hydroxyl groups is 1. The number of aryl methyl sites for hydroxylation is 1. The highest BCUT2D eigenvalue weighted by Crippen LogP contribution is 2.42. The van der Waals surface area contributed by atoms with Crippen LogP contribution < -0.4 is 9.47 Å². The number of aromatic nitrogens is 2. The SMILES string of the molecule is CCCOc1cccc(/C(O)=C2\C(=O)C(=O)N(CCCn3ccnc3)C2c2ccc(O)c(OC)c2)c1. The fourth-order valence-electron chi connectivity index (χ4n) is 4.27. The van der Waals surface area contributed by atoms with Crippen LogP contribution in [0.15, 0.2) is 66.8 Å². The van der Waals surface area contributed by atoms with Gasteiger partial charge >= 0.3 is 0 Å². The summed E-state index contributed by atoms with van der Waals surface area (Å²) >= 11 is 0. The summed E-state index contributed by atoms with van der Waals surface area (Å²) < 4.78 is 12.8. The Morgan fingerprint density at radius 1 is 1.14 bits per heavy atom. The van der Waals surface area contributed by atoms with Crippen molar-refractivity contribution in [1.82, 2.24) is 14.5 Å². The molecular weight excluding hydrogens is 462 g/mol. The van der Waals surface area contributed by atoms with E-state index in [0.717, 1.165) is 6.42 Å². The Morgan fingerprint density at radius 3 is 2.69 bits per heavy atom. The number of phenolic OH excluding ortho intramolecular Hbond substituents is 1. The van der Waals surface area contributed by atoms with Crippen molar-refractivity contribution in [3.05, 3.63) is 77.9 Å². The van der Waals surface area contributed by atoms with Crippen molar-refractivity contribution in [3.63, 3.8) is 0 Å². The third-order valence-corrected chi connectivity index (χ3v) is 6.01. The first-order valence-electron chi connectivity index (χ1n) is 11.8. The van der Waals surface area contributed by atoms with Crippen LogP contribution in [0.4, 0.5) is 0 Å². The van der Waals surface area contributed by atoms with Crippen molar-refractivity contribution in [3.8, 4) is 17.2 Å². The van der Waals surface area contributed by atoms with E-state index in [1.165, 1.54) is 18.1 Å². The second-order valence-corrected chi connectivity index (χ2v) is 8.45. The van der Waals surface area contributed by atoms with E-state index in [1.54, 1.807) is 48.9 Å². The first kappa shape index (κ1) is 24.8. The highest BCUT2D eigenvalue weighted by atomic mass is 16.5. The van der Waals surface area contributed by atoms with Gasteiger partial charge in [0.25, 0.3) is 11.7 Å². The number of phenols is 1. The molecule has 2 aromatic carbocycles. The van der Waals surface area contributed by atoms with Gasteiger partial charge in [-0.15, -0.1) is 0 Å². The maximum Gasteiger partial charge on any atom is 0.295 e. The standard InChI is InChI=1S/C27H29N3O6/c1-3-14-36-20-7-4-6-19(15-20)25(32)23-24(18-8-9-21(31)22(16-18)35-2)30(27(34)26(23)33)12-5-11-29-13-10-28-17-29/h4,6-10,13,15-17,24,31-32H,3,5,11-12,14H2,1-2H3/b25-23+. The van der Waals surface area contributed by atoms with Crippen molar-refractivity contribution >= 4 is 17.4 Å². The van der Waals surface area contributed by atoms with E-state index in [-0.39, 0.29) is 29.4 Å². The smallest absolute Gasteiger partial charge is 0.295 e. The molecule has 1 aromatic heterocycles. The summed E-state index contributed by atoms with van der Waals surface area (Å²) in [5.74, 6) is -1.07. The highest BCUT2D eigenvalue weighted by Gasteiger charge is 2.46. The molecule has 2 N–H and O–H groups in total. The van der Waals surface area contributed by atoms with Crippen LogP contribution in [0.25, 0.3) is 5.76 Å². The fraction of sp³-hybridized carbons (Fsp3) is 0.296. The second kappa shape index (κ2) is 11.0. The van der Waals surface area contributed by atoms with Gasteiger partial charge in [0.2, 0.25) is 0 Å². The molecule has 36 heavy (non-hydrogen) atoms. The molecule has 1 aliphatic heterocycles. The average Bonchev–Trinajstić information content (AvgIpc) is 3.50. The minimum atomic E-state index is -0.859. The summed E-state index contributed by atoms with van der Waals surface area (Å²) in [7, 11) is 1.42. The maximum atomic E-state index is 13.2. The molecule has 0 bridgehead atoms. The van der Waals surface area contributed by atoms with E-state index >= 15 is 0 Å². The van der Waals surface area contributed by atoms with Crippen molar-refractivity contribution in [2.75, 3.05) is 20.3 Å². The molecule has 1 amide bonds. The Kier molecular flexibility index (Phi) is 7.58. The average molecular weight is 492 g/mol. The van der Waals surface area contributed by atoms with E-state index in [4.69, 9.17) is 9.47 Å². The van der Waals surface area contributed by atoms with Gasteiger partial charge in [-0.25, -0.2) is 4.98 Å². The predicted octanol–water partition coefficient (Wildman–Crippen LogP) is 3.90. The summed E-state index contributed by atoms with van der Waals surface area (Å²) in [6.45, 7) is 3.38. The molecule has 188 valence electrons. The lowest BCUT2D eigenvalue weighted by atomic mass is 9.95. The molecule has 0 spiro atoms. The molecular formula is C27H29N3O6. The number of nitrogens with zero attached hydrogens (tertiary/aromatic N) is 3. The molecule has 0 radical (unpaired) electrons. The van der Waals surface area contributed by atoms with E-state index < -0.39 is 17.7 Å². The summed E-state index contributed by atoms with van der Waals surface area (Å²) in [5, 5.41) is 21.4. The number of ketones is 1. The number of amides is 1. The van der Waals surface area contributed by atoms with Crippen LogP contribution in [0.5, 0.6) is 17.2 Å². The number of hydrogen-bond donors (Lipinski definition) is 2. The van der Waals surface area contributed by atoms with Crippen LogP contribution in [0.2, 0.25) is 0 Å². The van der Waals surface area contributed by atoms with Crippen LogP contribution in [-0.2, 0) is 16.1 Å². The fourth-order valence-corrected chi connectivity index (χ4v) is 4.27. The normalized spacial score (nSPS) is 16.9. The molecule has 0 aliphatic carbocycles. The van der Waals surface area contributed by atoms with Gasteiger partial charge in [-0.05, 0) is 42.7 Å². The summed E-state index contributed by atoms with van der Waals surface area (Å²) in [6.07, 6.45) is 6.57. The van der Waals surface area contributed by atoms with Gasteiger partial charge in [0.1, 0.15) is 11.5 Å². The van der Waals surface area contributed by atoms with Crippen molar-refractivity contribution < 1.29 is 29.3 Å². The van der Waals surface area contributed by atoms with Crippen LogP contribution in [0.3, 0.4) is 0 Å². The van der Waals surface area contributed by atoms with Gasteiger partial charge in [0, 0.05) is 31.0 Å². The van der Waals surface area contributed by atoms with Gasteiger partial charge in [-0.2, -0.15) is 0 Å². The molecule has 1 fully saturated rings. The number of likely N-dealkylation sites (tertiary alicyclic amines) is 1. The van der Waals surface area contributed by atoms with Gasteiger partial charge in [0.15, 0.2) is 11.5 Å². The number of methoxy groups -OCH3 is 1. The number of hydrogen-bond acceptors (Lipinski definition) is 7. The number of carbonyl (C=O) groups excluding carboxylic acids is 2. The zero-order valence-electron chi connectivity index (χ0n) is 20.3. The Hall–Kier alpha value is -4.27. The molecule has 1 atom stereocenters. The van der Waals surface area contributed by atoms with Crippen LogP contribution in [-0.4, -0.2) is 56.6 Å². The zero-order chi connectivity index (χ0) is 25.7. The second-order valence-electron chi connectivity index (χ2n) is 8.45. The lowest BCUT2D eigenvalue weighted by Crippen LogP contribution is -2.31. The van der Waals surface area contributed by atoms with E-state index in [9.17, 15) is 19.8 Å². The third-order valence-electron chi connectivity index (χ3n) is 6.01. The lowest BCUT2D eigenvalue weighted by molar-refractivity contribution is -0.139. The number of Topliss-reactive ketones (excluding diaryl/α,β-unsaturated/α-hetero) is 1. The summed E-state index contributed by atoms with van der Waals surface area (Å²) in [6, 6.07) is 10.6. The minimum Gasteiger partial charge on any atom is -0.507 e. The quantitative estimate of drug-likeness (QED) is 0.251. The van der Waals surface area contributed by atoms with Crippen molar-refractivity contribution in [1.29, 1.82) is 0 Å². The molecule has 1 aliphatic rings. The Morgan fingerprint density at radius 2 is 1.97 bits per heavy atom. The van der Waals surface area contributed by atoms with Gasteiger partial charge in [-0.3, -0.25) is 9.59 Å². The summed E-state index contributed by atoms with van der Waals surface area (Å²) in [5.41, 5.74) is 0.880. The van der Waals surface area contributed by atoms with E-state index in [1.807, 2.05) is 17.7 Å². The molecule has 1 saturated heterocycles. The number of aliphatic hydroxyl groups excluding tert-OH is 1. The molecule has 9 heteroatoms. The van der Waals surface area contributed by atoms with Crippen molar-refractivity contribution in [2.45, 2.75) is 32.4 Å². The first-order chi connectivity index (χ1) is 17.4. The Balaban J connectivity index is 1.75. The molecule has 4 rings (SSSR count). The number of aliphatic hydroxyl groups is 1. The largest absolute Gasteiger partial charge is 0.507 e. The number of carbonyl (C=O) groups is 2. The Bertz CT molecular complexity index is 1270.